The van der Waals surface area contributed by atoms with Gasteiger partial charge in [0, 0.05) is 12.4 Å². The number of hydrogen-bond donors (Lipinski definition) is 2. The zero-order chi connectivity index (χ0) is 10.6. The zero-order valence-corrected chi connectivity index (χ0v) is 9.44. The highest BCUT2D eigenvalue weighted by Crippen LogP contribution is 2.16. The van der Waals surface area contributed by atoms with E-state index in [1.165, 1.54) is 11.3 Å². The molecule has 1 amide bonds. The summed E-state index contributed by atoms with van der Waals surface area (Å²) in [5.41, 5.74) is 1.06. The molecule has 0 fully saturated rings. The molecule has 1 atom stereocenters. The molecule has 0 aliphatic carbocycles. The predicted molar refractivity (Wildman–Crippen MR) is 58.6 cm³/mol. The van der Waals surface area contributed by atoms with E-state index in [9.17, 15) is 4.79 Å². The monoisotopic (exact) mass is 213 g/mol. The van der Waals surface area contributed by atoms with Crippen LogP contribution in [0.3, 0.4) is 0 Å². The SMILES string of the molecule is CCc1csc(NC(C)C(=O)NC)n1. The van der Waals surface area contributed by atoms with E-state index >= 15 is 0 Å². The predicted octanol–water partition coefficient (Wildman–Crippen LogP) is 1.25. The number of rotatable bonds is 4. The highest BCUT2D eigenvalue weighted by Gasteiger charge is 2.11. The van der Waals surface area contributed by atoms with E-state index in [2.05, 4.69) is 22.5 Å². The van der Waals surface area contributed by atoms with Gasteiger partial charge in [0.1, 0.15) is 6.04 Å². The van der Waals surface area contributed by atoms with Crippen molar-refractivity contribution in [3.05, 3.63) is 11.1 Å². The minimum Gasteiger partial charge on any atom is -0.357 e. The number of likely N-dealkylation sites (N-methyl/N-ethyl adjacent to an activating group) is 1. The number of aryl methyl sites for hydroxylation is 1. The first-order valence-corrected chi connectivity index (χ1v) is 5.47. The van der Waals surface area contributed by atoms with Crippen LogP contribution in [0.5, 0.6) is 0 Å². The van der Waals surface area contributed by atoms with E-state index in [4.69, 9.17) is 0 Å². The van der Waals surface area contributed by atoms with E-state index < -0.39 is 0 Å². The van der Waals surface area contributed by atoms with Gasteiger partial charge in [0.2, 0.25) is 5.91 Å². The summed E-state index contributed by atoms with van der Waals surface area (Å²) in [6.45, 7) is 3.87. The maximum Gasteiger partial charge on any atom is 0.242 e. The van der Waals surface area contributed by atoms with Crippen molar-refractivity contribution in [2.75, 3.05) is 12.4 Å². The molecular weight excluding hydrogens is 198 g/mol. The lowest BCUT2D eigenvalue weighted by Gasteiger charge is -2.10. The van der Waals surface area contributed by atoms with Crippen LogP contribution in [0, 0.1) is 0 Å². The normalized spacial score (nSPS) is 12.2. The highest BCUT2D eigenvalue weighted by atomic mass is 32.1. The standard InChI is InChI=1S/C9H15N3OS/c1-4-7-5-14-9(12-7)11-6(2)8(13)10-3/h5-6H,4H2,1-3H3,(H,10,13)(H,11,12). The van der Waals surface area contributed by atoms with E-state index in [1.807, 2.05) is 12.3 Å². The van der Waals surface area contributed by atoms with Crippen LogP contribution in [0.25, 0.3) is 0 Å². The molecule has 5 heteroatoms. The fourth-order valence-electron chi connectivity index (χ4n) is 1.00. The van der Waals surface area contributed by atoms with Crippen LogP contribution in [0.15, 0.2) is 5.38 Å². The Kier molecular flexibility index (Phi) is 3.88. The third-order valence-corrected chi connectivity index (χ3v) is 2.72. The summed E-state index contributed by atoms with van der Waals surface area (Å²) in [5, 5.41) is 8.43. The minimum absolute atomic E-state index is 0.0294. The van der Waals surface area contributed by atoms with Crippen molar-refractivity contribution in [2.45, 2.75) is 26.3 Å². The second kappa shape index (κ2) is 4.95. The third-order valence-electron chi connectivity index (χ3n) is 1.89. The Labute approximate surface area is 87.7 Å². The van der Waals surface area contributed by atoms with Gasteiger partial charge in [-0.2, -0.15) is 0 Å². The molecule has 0 saturated heterocycles. The van der Waals surface area contributed by atoms with Gasteiger partial charge in [0.15, 0.2) is 5.13 Å². The first-order chi connectivity index (χ1) is 6.67. The van der Waals surface area contributed by atoms with Crippen molar-refractivity contribution < 1.29 is 4.79 Å². The van der Waals surface area contributed by atoms with E-state index in [-0.39, 0.29) is 11.9 Å². The molecular formula is C9H15N3OS. The zero-order valence-electron chi connectivity index (χ0n) is 8.63. The summed E-state index contributed by atoms with van der Waals surface area (Å²) in [5.74, 6) is -0.0294. The van der Waals surface area contributed by atoms with Crippen molar-refractivity contribution >= 4 is 22.4 Å². The molecule has 0 bridgehead atoms. The number of aromatic nitrogens is 1. The van der Waals surface area contributed by atoms with Crippen molar-refractivity contribution in [1.29, 1.82) is 0 Å². The van der Waals surface area contributed by atoms with Gasteiger partial charge >= 0.3 is 0 Å². The smallest absolute Gasteiger partial charge is 0.242 e. The van der Waals surface area contributed by atoms with Crippen LogP contribution in [0.2, 0.25) is 0 Å². The molecule has 14 heavy (non-hydrogen) atoms. The first kappa shape index (κ1) is 11.0. The Morgan fingerprint density at radius 1 is 1.71 bits per heavy atom. The van der Waals surface area contributed by atoms with E-state index in [1.54, 1.807) is 7.05 Å². The molecule has 1 rings (SSSR count). The van der Waals surface area contributed by atoms with Gasteiger partial charge in [-0.1, -0.05) is 6.92 Å². The molecule has 1 heterocycles. The molecule has 2 N–H and O–H groups in total. The average molecular weight is 213 g/mol. The minimum atomic E-state index is -0.240. The Hall–Kier alpha value is -1.10. The van der Waals surface area contributed by atoms with Gasteiger partial charge in [-0.05, 0) is 13.3 Å². The summed E-state index contributed by atoms with van der Waals surface area (Å²) in [6.07, 6.45) is 0.923. The summed E-state index contributed by atoms with van der Waals surface area (Å²) in [7, 11) is 1.62. The van der Waals surface area contributed by atoms with Crippen LogP contribution < -0.4 is 10.6 Å². The van der Waals surface area contributed by atoms with Crippen LogP contribution in [-0.2, 0) is 11.2 Å². The fourth-order valence-corrected chi connectivity index (χ4v) is 1.88. The van der Waals surface area contributed by atoms with Crippen LogP contribution in [0.1, 0.15) is 19.5 Å². The van der Waals surface area contributed by atoms with Gasteiger partial charge in [-0.25, -0.2) is 4.98 Å². The Balaban J connectivity index is 2.55. The van der Waals surface area contributed by atoms with Gasteiger partial charge < -0.3 is 10.6 Å². The lowest BCUT2D eigenvalue weighted by molar-refractivity contribution is -0.121. The fraction of sp³-hybridized carbons (Fsp3) is 0.556. The van der Waals surface area contributed by atoms with Gasteiger partial charge in [-0.15, -0.1) is 11.3 Å². The summed E-state index contributed by atoms with van der Waals surface area (Å²) in [4.78, 5) is 15.5. The van der Waals surface area contributed by atoms with Crippen LogP contribution in [-0.4, -0.2) is 24.0 Å². The number of carbonyl (C=O) groups excluding carboxylic acids is 1. The van der Waals surface area contributed by atoms with Crippen molar-refractivity contribution in [2.24, 2.45) is 0 Å². The van der Waals surface area contributed by atoms with E-state index in [0.717, 1.165) is 17.2 Å². The Morgan fingerprint density at radius 3 is 2.93 bits per heavy atom. The van der Waals surface area contributed by atoms with Gasteiger partial charge in [0.25, 0.3) is 0 Å². The Morgan fingerprint density at radius 2 is 2.43 bits per heavy atom. The van der Waals surface area contributed by atoms with Crippen molar-refractivity contribution in [1.82, 2.24) is 10.3 Å². The van der Waals surface area contributed by atoms with E-state index in [0.29, 0.717) is 0 Å². The quantitative estimate of drug-likeness (QED) is 0.791. The van der Waals surface area contributed by atoms with Crippen LogP contribution >= 0.6 is 11.3 Å². The largest absolute Gasteiger partial charge is 0.357 e. The number of thiazole rings is 1. The van der Waals surface area contributed by atoms with Crippen molar-refractivity contribution in [3.63, 3.8) is 0 Å². The molecule has 0 aromatic carbocycles. The molecule has 0 saturated carbocycles. The maximum absolute atomic E-state index is 11.2. The maximum atomic E-state index is 11.2. The number of amides is 1. The Bertz CT molecular complexity index is 311. The topological polar surface area (TPSA) is 54.0 Å². The van der Waals surface area contributed by atoms with Gasteiger partial charge in [0.05, 0.1) is 5.69 Å². The molecule has 0 aliphatic heterocycles. The second-order valence-electron chi connectivity index (χ2n) is 2.98. The molecule has 4 nitrogen and oxygen atoms in total. The number of carbonyl (C=O) groups is 1. The molecule has 1 aromatic heterocycles. The summed E-state index contributed by atoms with van der Waals surface area (Å²) < 4.78 is 0. The summed E-state index contributed by atoms with van der Waals surface area (Å²) >= 11 is 1.53. The highest BCUT2D eigenvalue weighted by molar-refractivity contribution is 7.13. The number of nitrogens with one attached hydrogen (secondary N) is 2. The molecule has 0 aliphatic rings. The second-order valence-corrected chi connectivity index (χ2v) is 3.84. The molecule has 1 unspecified atom stereocenters. The third kappa shape index (κ3) is 2.70. The number of nitrogens with zero attached hydrogens (tertiary/aromatic N) is 1. The van der Waals surface area contributed by atoms with Crippen LogP contribution in [0.4, 0.5) is 5.13 Å². The number of anilines is 1. The van der Waals surface area contributed by atoms with Gasteiger partial charge in [-0.3, -0.25) is 4.79 Å². The lowest BCUT2D eigenvalue weighted by atomic mass is 10.3. The first-order valence-electron chi connectivity index (χ1n) is 4.60. The molecule has 78 valence electrons. The molecule has 0 spiro atoms. The average Bonchev–Trinajstić information content (AvgIpc) is 2.64. The van der Waals surface area contributed by atoms with Crippen molar-refractivity contribution in [3.8, 4) is 0 Å². The lowest BCUT2D eigenvalue weighted by Crippen LogP contribution is -2.35. The summed E-state index contributed by atoms with van der Waals surface area (Å²) in [6, 6.07) is -0.240. The molecule has 1 aromatic rings. The number of hydrogen-bond acceptors (Lipinski definition) is 4. The molecule has 0 radical (unpaired) electrons.